The van der Waals surface area contributed by atoms with Gasteiger partial charge in [-0.1, -0.05) is 5.21 Å². The van der Waals surface area contributed by atoms with Crippen LogP contribution in [0.15, 0.2) is 6.20 Å². The summed E-state index contributed by atoms with van der Waals surface area (Å²) < 4.78 is 26.5. The van der Waals surface area contributed by atoms with Crippen molar-refractivity contribution in [2.24, 2.45) is 5.92 Å². The Labute approximate surface area is 123 Å². The molecule has 2 saturated carbocycles. The molecule has 2 aliphatic rings. The first kappa shape index (κ1) is 14.9. The van der Waals surface area contributed by atoms with Crippen LogP contribution in [0.5, 0.6) is 0 Å². The van der Waals surface area contributed by atoms with E-state index in [2.05, 4.69) is 15.0 Å². The topological polar surface area (TPSA) is 117 Å². The molecule has 0 bridgehead atoms. The normalized spacial score (nSPS) is 33.5. The summed E-state index contributed by atoms with van der Waals surface area (Å²) in [6.45, 7) is 0.417. The molecule has 0 unspecified atom stereocenters. The zero-order valence-electron chi connectivity index (χ0n) is 11.8. The van der Waals surface area contributed by atoms with Gasteiger partial charge in [0, 0.05) is 24.6 Å². The van der Waals surface area contributed by atoms with Gasteiger partial charge in [0.25, 0.3) is 0 Å². The molecule has 118 valence electrons. The van der Waals surface area contributed by atoms with Crippen molar-refractivity contribution < 1.29 is 18.6 Å². The SMILES string of the molecule is CS(=O)(=O)N[C@@H]1C[C@H](Cn2cc(C3CC3)nn2)[C@@H](O)[C@H]1O. The lowest BCUT2D eigenvalue weighted by Crippen LogP contribution is -2.42. The first-order chi connectivity index (χ1) is 9.83. The predicted octanol–water partition coefficient (Wildman–Crippen LogP) is -1.18. The van der Waals surface area contributed by atoms with E-state index in [4.69, 9.17) is 0 Å². The molecular weight excluding hydrogens is 296 g/mol. The van der Waals surface area contributed by atoms with Gasteiger partial charge in [-0.3, -0.25) is 4.68 Å². The van der Waals surface area contributed by atoms with Crippen molar-refractivity contribution in [3.63, 3.8) is 0 Å². The van der Waals surface area contributed by atoms with E-state index in [0.717, 1.165) is 24.8 Å². The molecule has 1 heterocycles. The van der Waals surface area contributed by atoms with Gasteiger partial charge in [-0.2, -0.15) is 0 Å². The van der Waals surface area contributed by atoms with Gasteiger partial charge in [0.05, 0.1) is 30.2 Å². The van der Waals surface area contributed by atoms with Crippen LogP contribution in [-0.2, 0) is 16.6 Å². The maximum Gasteiger partial charge on any atom is 0.209 e. The highest BCUT2D eigenvalue weighted by atomic mass is 32.2. The van der Waals surface area contributed by atoms with Crippen molar-refractivity contribution in [3.05, 3.63) is 11.9 Å². The largest absolute Gasteiger partial charge is 0.390 e. The number of aliphatic hydroxyl groups excluding tert-OH is 2. The molecule has 0 amide bonds. The highest BCUT2D eigenvalue weighted by Gasteiger charge is 2.42. The highest BCUT2D eigenvalue weighted by Crippen LogP contribution is 2.38. The summed E-state index contributed by atoms with van der Waals surface area (Å²) in [6.07, 6.45) is 3.49. The Morgan fingerprint density at radius 1 is 1.38 bits per heavy atom. The second-order valence-electron chi connectivity index (χ2n) is 6.11. The fourth-order valence-corrected chi connectivity index (χ4v) is 3.69. The third-order valence-corrected chi connectivity index (χ3v) is 4.87. The van der Waals surface area contributed by atoms with Gasteiger partial charge in [0.15, 0.2) is 0 Å². The molecule has 0 radical (unpaired) electrons. The molecule has 3 rings (SSSR count). The van der Waals surface area contributed by atoms with Crippen LogP contribution in [-0.4, -0.2) is 58.1 Å². The van der Waals surface area contributed by atoms with Gasteiger partial charge in [-0.05, 0) is 19.3 Å². The summed E-state index contributed by atoms with van der Waals surface area (Å²) in [5.41, 5.74) is 0.967. The molecule has 9 heteroatoms. The summed E-state index contributed by atoms with van der Waals surface area (Å²) in [4.78, 5) is 0. The zero-order valence-corrected chi connectivity index (χ0v) is 12.6. The number of hydrogen-bond acceptors (Lipinski definition) is 6. The molecule has 4 atom stereocenters. The lowest BCUT2D eigenvalue weighted by Gasteiger charge is -2.17. The highest BCUT2D eigenvalue weighted by molar-refractivity contribution is 7.88. The molecule has 1 aromatic rings. The van der Waals surface area contributed by atoms with Crippen molar-refractivity contribution >= 4 is 10.0 Å². The van der Waals surface area contributed by atoms with Crippen LogP contribution in [0.4, 0.5) is 0 Å². The Morgan fingerprint density at radius 2 is 2.10 bits per heavy atom. The molecule has 21 heavy (non-hydrogen) atoms. The molecule has 0 saturated heterocycles. The monoisotopic (exact) mass is 316 g/mol. The molecule has 0 aromatic carbocycles. The van der Waals surface area contributed by atoms with Gasteiger partial charge in [-0.25, -0.2) is 13.1 Å². The smallest absolute Gasteiger partial charge is 0.209 e. The Hall–Kier alpha value is -1.03. The van der Waals surface area contributed by atoms with Crippen molar-refractivity contribution in [1.29, 1.82) is 0 Å². The minimum absolute atomic E-state index is 0.256. The van der Waals surface area contributed by atoms with Crippen molar-refractivity contribution in [3.8, 4) is 0 Å². The molecule has 2 aliphatic carbocycles. The lowest BCUT2D eigenvalue weighted by atomic mass is 10.1. The molecular formula is C12H20N4O4S. The van der Waals surface area contributed by atoms with E-state index >= 15 is 0 Å². The predicted molar refractivity (Wildman–Crippen MR) is 73.9 cm³/mol. The fourth-order valence-electron chi connectivity index (χ4n) is 2.91. The molecule has 1 aromatic heterocycles. The van der Waals surface area contributed by atoms with Gasteiger partial charge in [0.2, 0.25) is 10.0 Å². The summed E-state index contributed by atoms with van der Waals surface area (Å²) in [5.74, 6) is 0.255. The number of aromatic nitrogens is 3. The van der Waals surface area contributed by atoms with E-state index in [0.29, 0.717) is 18.9 Å². The molecule has 3 N–H and O–H groups in total. The maximum absolute atomic E-state index is 11.3. The van der Waals surface area contributed by atoms with Crippen molar-refractivity contribution in [2.45, 2.75) is 50.0 Å². The van der Waals surface area contributed by atoms with Crippen LogP contribution in [0.3, 0.4) is 0 Å². The van der Waals surface area contributed by atoms with Gasteiger partial charge < -0.3 is 10.2 Å². The lowest BCUT2D eigenvalue weighted by molar-refractivity contribution is 0.00974. The van der Waals surface area contributed by atoms with Crippen LogP contribution in [0.2, 0.25) is 0 Å². The summed E-state index contributed by atoms with van der Waals surface area (Å²) >= 11 is 0. The third kappa shape index (κ3) is 3.42. The van der Waals surface area contributed by atoms with E-state index in [-0.39, 0.29) is 5.92 Å². The second kappa shape index (κ2) is 5.31. The van der Waals surface area contributed by atoms with Crippen LogP contribution in [0, 0.1) is 5.92 Å². The van der Waals surface area contributed by atoms with Gasteiger partial charge in [-0.15, -0.1) is 5.10 Å². The van der Waals surface area contributed by atoms with Crippen LogP contribution < -0.4 is 4.72 Å². The van der Waals surface area contributed by atoms with Gasteiger partial charge >= 0.3 is 0 Å². The Bertz CT molecular complexity index is 613. The van der Waals surface area contributed by atoms with E-state index < -0.39 is 28.3 Å². The fraction of sp³-hybridized carbons (Fsp3) is 0.833. The summed E-state index contributed by atoms with van der Waals surface area (Å²) in [7, 11) is -3.41. The Kier molecular flexibility index (Phi) is 3.76. The number of nitrogens with zero attached hydrogens (tertiary/aromatic N) is 3. The van der Waals surface area contributed by atoms with E-state index in [1.807, 2.05) is 6.20 Å². The molecule has 0 spiro atoms. The molecule has 0 aliphatic heterocycles. The number of nitrogens with one attached hydrogen (secondary N) is 1. The number of hydrogen-bond donors (Lipinski definition) is 3. The van der Waals surface area contributed by atoms with E-state index in [1.165, 1.54) is 0 Å². The average molecular weight is 316 g/mol. The summed E-state index contributed by atoms with van der Waals surface area (Å²) in [5, 5.41) is 28.2. The minimum atomic E-state index is -3.41. The molecule has 8 nitrogen and oxygen atoms in total. The van der Waals surface area contributed by atoms with Gasteiger partial charge in [0.1, 0.15) is 0 Å². The summed E-state index contributed by atoms with van der Waals surface area (Å²) in [6, 6.07) is -0.661. The maximum atomic E-state index is 11.3. The van der Waals surface area contributed by atoms with Crippen LogP contribution in [0.25, 0.3) is 0 Å². The van der Waals surface area contributed by atoms with E-state index in [9.17, 15) is 18.6 Å². The number of rotatable bonds is 5. The van der Waals surface area contributed by atoms with Crippen molar-refractivity contribution in [2.75, 3.05) is 6.26 Å². The zero-order chi connectivity index (χ0) is 15.2. The number of aliphatic hydroxyl groups is 2. The van der Waals surface area contributed by atoms with E-state index in [1.54, 1.807) is 4.68 Å². The Balaban J connectivity index is 1.64. The average Bonchev–Trinajstić information content (AvgIpc) is 3.09. The van der Waals surface area contributed by atoms with Crippen LogP contribution >= 0.6 is 0 Å². The van der Waals surface area contributed by atoms with Crippen molar-refractivity contribution in [1.82, 2.24) is 19.7 Å². The third-order valence-electron chi connectivity index (χ3n) is 4.14. The number of sulfonamides is 1. The quantitative estimate of drug-likeness (QED) is 0.629. The first-order valence-electron chi connectivity index (χ1n) is 7.07. The minimum Gasteiger partial charge on any atom is -0.390 e. The van der Waals surface area contributed by atoms with Crippen LogP contribution in [0.1, 0.15) is 30.9 Å². The standard InChI is InChI=1S/C12H20N4O4S/c1-21(19,20)14-9-4-8(11(17)12(9)18)5-16-6-10(13-15-16)7-2-3-7/h6-9,11-12,14,17-18H,2-5H2,1H3/t8-,9-,11-,12+/m1/s1. The Morgan fingerprint density at radius 3 is 2.71 bits per heavy atom. The molecule has 2 fully saturated rings. The second-order valence-corrected chi connectivity index (χ2v) is 7.89. The first-order valence-corrected chi connectivity index (χ1v) is 8.96.